The summed E-state index contributed by atoms with van der Waals surface area (Å²) < 4.78 is 1.80. The van der Waals surface area contributed by atoms with E-state index in [1.807, 2.05) is 20.9 Å². The third-order valence-corrected chi connectivity index (χ3v) is 4.62. The van der Waals surface area contributed by atoms with E-state index in [0.29, 0.717) is 17.7 Å². The fraction of sp³-hybridized carbons (Fsp3) is 0.421. The molecule has 1 heterocycles. The molecule has 1 amide bonds. The van der Waals surface area contributed by atoms with Crippen LogP contribution in [0.1, 0.15) is 38.9 Å². The monoisotopic (exact) mass is 358 g/mol. The summed E-state index contributed by atoms with van der Waals surface area (Å²) >= 11 is 0. The molecule has 0 aliphatic rings. The van der Waals surface area contributed by atoms with Crippen molar-refractivity contribution in [3.05, 3.63) is 52.3 Å². The number of aromatic nitrogens is 2. The van der Waals surface area contributed by atoms with Crippen LogP contribution >= 0.6 is 0 Å². The summed E-state index contributed by atoms with van der Waals surface area (Å²) in [7, 11) is 7.02. The highest BCUT2D eigenvalue weighted by atomic mass is 16.4. The Morgan fingerprint density at radius 3 is 2.15 bits per heavy atom. The molecular formula is C19H26N4O3. The van der Waals surface area contributed by atoms with Crippen molar-refractivity contribution in [3.8, 4) is 0 Å². The van der Waals surface area contributed by atoms with Crippen molar-refractivity contribution in [2.75, 3.05) is 21.1 Å². The standard InChI is InChI=1S/C19H26N4O3/c1-12-16(13(2)23(6)20-12)11-22(5)17(19(25)26)14-7-9-15(10-8-14)18(24)21(3)4/h7-10,17H,11H2,1-6H3,(H,25,26). The van der Waals surface area contributed by atoms with Crippen molar-refractivity contribution >= 4 is 11.9 Å². The third-order valence-electron chi connectivity index (χ3n) is 4.62. The second-order valence-electron chi connectivity index (χ2n) is 6.75. The van der Waals surface area contributed by atoms with E-state index >= 15 is 0 Å². The number of carbonyl (C=O) groups is 2. The van der Waals surface area contributed by atoms with E-state index in [0.717, 1.165) is 17.0 Å². The lowest BCUT2D eigenvalue weighted by Crippen LogP contribution is -2.31. The molecule has 140 valence electrons. The molecule has 26 heavy (non-hydrogen) atoms. The minimum Gasteiger partial charge on any atom is -0.480 e. The van der Waals surface area contributed by atoms with Crippen LogP contribution in [0.2, 0.25) is 0 Å². The summed E-state index contributed by atoms with van der Waals surface area (Å²) in [5.74, 6) is -1.04. The Morgan fingerprint density at radius 1 is 1.15 bits per heavy atom. The van der Waals surface area contributed by atoms with Gasteiger partial charge >= 0.3 is 5.97 Å². The Bertz CT molecular complexity index is 809. The molecule has 1 unspecified atom stereocenters. The smallest absolute Gasteiger partial charge is 0.325 e. The van der Waals surface area contributed by atoms with Crippen molar-refractivity contribution in [1.82, 2.24) is 19.6 Å². The molecule has 7 nitrogen and oxygen atoms in total. The summed E-state index contributed by atoms with van der Waals surface area (Å²) in [6, 6.07) is 5.94. The van der Waals surface area contributed by atoms with Gasteiger partial charge in [-0.2, -0.15) is 5.10 Å². The van der Waals surface area contributed by atoms with Gasteiger partial charge < -0.3 is 10.0 Å². The van der Waals surface area contributed by atoms with Gasteiger partial charge in [0.15, 0.2) is 0 Å². The lowest BCUT2D eigenvalue weighted by atomic mass is 10.0. The zero-order chi connectivity index (χ0) is 19.6. The van der Waals surface area contributed by atoms with Gasteiger partial charge in [-0.1, -0.05) is 12.1 Å². The topological polar surface area (TPSA) is 78.7 Å². The molecule has 2 rings (SSSR count). The highest BCUT2D eigenvalue weighted by molar-refractivity contribution is 5.94. The van der Waals surface area contributed by atoms with Gasteiger partial charge in [0.25, 0.3) is 5.91 Å². The molecule has 0 aliphatic heterocycles. The molecule has 0 radical (unpaired) electrons. The Morgan fingerprint density at radius 2 is 1.73 bits per heavy atom. The number of aryl methyl sites for hydroxylation is 2. The maximum absolute atomic E-state index is 12.0. The SMILES string of the molecule is Cc1nn(C)c(C)c1CN(C)C(C(=O)O)c1ccc(C(=O)N(C)C)cc1. The Balaban J connectivity index is 2.28. The van der Waals surface area contributed by atoms with E-state index in [-0.39, 0.29) is 5.91 Å². The largest absolute Gasteiger partial charge is 0.480 e. The van der Waals surface area contributed by atoms with Crippen LogP contribution in [-0.2, 0) is 18.4 Å². The first-order valence-corrected chi connectivity index (χ1v) is 8.37. The average molecular weight is 358 g/mol. The molecule has 0 spiro atoms. The van der Waals surface area contributed by atoms with E-state index < -0.39 is 12.0 Å². The van der Waals surface area contributed by atoms with E-state index in [2.05, 4.69) is 5.10 Å². The summed E-state index contributed by atoms with van der Waals surface area (Å²) in [5, 5.41) is 14.1. The molecular weight excluding hydrogens is 332 g/mol. The van der Waals surface area contributed by atoms with Gasteiger partial charge in [-0.15, -0.1) is 0 Å². The summed E-state index contributed by atoms with van der Waals surface area (Å²) in [6.45, 7) is 4.37. The predicted molar refractivity (Wildman–Crippen MR) is 99.0 cm³/mol. The van der Waals surface area contributed by atoms with E-state index in [1.165, 1.54) is 4.90 Å². The van der Waals surface area contributed by atoms with Crippen molar-refractivity contribution < 1.29 is 14.7 Å². The van der Waals surface area contributed by atoms with Crippen LogP contribution in [0.5, 0.6) is 0 Å². The normalized spacial score (nSPS) is 12.3. The lowest BCUT2D eigenvalue weighted by Gasteiger charge is -2.25. The molecule has 0 bridgehead atoms. The van der Waals surface area contributed by atoms with Crippen LogP contribution in [0.15, 0.2) is 24.3 Å². The lowest BCUT2D eigenvalue weighted by molar-refractivity contribution is -0.143. The van der Waals surface area contributed by atoms with Crippen LogP contribution in [0.3, 0.4) is 0 Å². The number of benzene rings is 1. The second kappa shape index (κ2) is 7.70. The van der Waals surface area contributed by atoms with Gasteiger partial charge in [0.05, 0.1) is 5.69 Å². The van der Waals surface area contributed by atoms with Crippen molar-refractivity contribution in [2.45, 2.75) is 26.4 Å². The molecule has 0 saturated carbocycles. The van der Waals surface area contributed by atoms with Gasteiger partial charge in [-0.25, -0.2) is 0 Å². The highest BCUT2D eigenvalue weighted by Gasteiger charge is 2.26. The number of likely N-dealkylation sites (N-methyl/N-ethyl adjacent to an activating group) is 1. The molecule has 1 atom stereocenters. The molecule has 1 aromatic carbocycles. The molecule has 0 saturated heterocycles. The number of carboxylic acids is 1. The van der Waals surface area contributed by atoms with Crippen molar-refractivity contribution in [2.24, 2.45) is 7.05 Å². The highest BCUT2D eigenvalue weighted by Crippen LogP contribution is 2.24. The molecule has 1 N–H and O–H groups in total. The van der Waals surface area contributed by atoms with Crippen LogP contribution in [-0.4, -0.2) is 57.7 Å². The summed E-state index contributed by atoms with van der Waals surface area (Å²) in [4.78, 5) is 27.2. The number of carbonyl (C=O) groups excluding carboxylic acids is 1. The van der Waals surface area contributed by atoms with Crippen LogP contribution in [0.25, 0.3) is 0 Å². The summed E-state index contributed by atoms with van der Waals surface area (Å²) in [6.07, 6.45) is 0. The number of hydrogen-bond donors (Lipinski definition) is 1. The number of rotatable bonds is 6. The van der Waals surface area contributed by atoms with E-state index in [4.69, 9.17) is 0 Å². The third kappa shape index (κ3) is 3.94. The minimum absolute atomic E-state index is 0.113. The van der Waals surface area contributed by atoms with Crippen LogP contribution < -0.4 is 0 Å². The zero-order valence-electron chi connectivity index (χ0n) is 16.1. The van der Waals surface area contributed by atoms with Gasteiger partial charge in [0, 0.05) is 44.5 Å². The van der Waals surface area contributed by atoms with Gasteiger partial charge in [-0.3, -0.25) is 19.2 Å². The quantitative estimate of drug-likeness (QED) is 0.854. The molecule has 1 aromatic heterocycles. The van der Waals surface area contributed by atoms with Crippen LogP contribution in [0, 0.1) is 13.8 Å². The zero-order valence-corrected chi connectivity index (χ0v) is 16.1. The maximum atomic E-state index is 12.0. The molecule has 2 aromatic rings. The Hall–Kier alpha value is -2.67. The molecule has 7 heteroatoms. The Kier molecular flexibility index (Phi) is 5.82. The number of aliphatic carboxylic acids is 1. The number of nitrogens with zero attached hydrogens (tertiary/aromatic N) is 4. The fourth-order valence-corrected chi connectivity index (χ4v) is 3.04. The van der Waals surface area contributed by atoms with Crippen molar-refractivity contribution in [3.63, 3.8) is 0 Å². The number of hydrogen-bond acceptors (Lipinski definition) is 4. The first kappa shape index (κ1) is 19.7. The van der Waals surface area contributed by atoms with Gasteiger partial charge in [0.1, 0.15) is 6.04 Å². The maximum Gasteiger partial charge on any atom is 0.325 e. The van der Waals surface area contributed by atoms with Gasteiger partial charge in [-0.05, 0) is 38.6 Å². The van der Waals surface area contributed by atoms with Crippen molar-refractivity contribution in [1.29, 1.82) is 0 Å². The van der Waals surface area contributed by atoms with Crippen LogP contribution in [0.4, 0.5) is 0 Å². The molecule has 0 fully saturated rings. The predicted octanol–water partition coefficient (Wildman–Crippen LogP) is 2.00. The minimum atomic E-state index is -0.932. The Labute approximate surface area is 153 Å². The number of amides is 1. The van der Waals surface area contributed by atoms with E-state index in [1.54, 1.807) is 55.0 Å². The first-order chi connectivity index (χ1) is 12.1. The second-order valence-corrected chi connectivity index (χ2v) is 6.75. The first-order valence-electron chi connectivity index (χ1n) is 8.37. The van der Waals surface area contributed by atoms with Gasteiger partial charge in [0.2, 0.25) is 0 Å². The number of carboxylic acid groups (broad SMARTS) is 1. The average Bonchev–Trinajstić information content (AvgIpc) is 2.81. The molecule has 0 aliphatic carbocycles. The summed E-state index contributed by atoms with van der Waals surface area (Å²) in [5.41, 5.74) is 4.11. The van der Waals surface area contributed by atoms with E-state index in [9.17, 15) is 14.7 Å². The fourth-order valence-electron chi connectivity index (χ4n) is 3.04.